The van der Waals surface area contributed by atoms with E-state index in [1.165, 1.54) is 11.1 Å². The lowest BCUT2D eigenvalue weighted by atomic mass is 10.1. The molecule has 4 heteroatoms. The molecule has 0 aromatic carbocycles. The van der Waals surface area contributed by atoms with Gasteiger partial charge in [-0.15, -0.1) is 0 Å². The highest BCUT2D eigenvalue weighted by atomic mass is 15.1. The van der Waals surface area contributed by atoms with Gasteiger partial charge in [-0.1, -0.05) is 0 Å². The van der Waals surface area contributed by atoms with Crippen LogP contribution in [0.5, 0.6) is 0 Å². The second kappa shape index (κ2) is 4.90. The lowest BCUT2D eigenvalue weighted by Gasteiger charge is -2.07. The zero-order chi connectivity index (χ0) is 11.4. The van der Waals surface area contributed by atoms with E-state index < -0.39 is 0 Å². The van der Waals surface area contributed by atoms with Crippen molar-refractivity contribution in [1.29, 1.82) is 0 Å². The van der Waals surface area contributed by atoms with E-state index in [4.69, 9.17) is 0 Å². The van der Waals surface area contributed by atoms with Crippen LogP contribution in [0.25, 0.3) is 0 Å². The number of nitrogens with zero attached hydrogens (tertiary/aromatic N) is 3. The molecule has 1 N–H and O–H groups in total. The highest BCUT2D eigenvalue weighted by molar-refractivity contribution is 5.21. The van der Waals surface area contributed by atoms with Crippen molar-refractivity contribution in [3.05, 3.63) is 47.8 Å². The van der Waals surface area contributed by atoms with E-state index in [1.54, 1.807) is 0 Å². The van der Waals surface area contributed by atoms with Gasteiger partial charge in [-0.2, -0.15) is 0 Å². The van der Waals surface area contributed by atoms with Crippen LogP contribution >= 0.6 is 0 Å². The average molecular weight is 216 g/mol. The van der Waals surface area contributed by atoms with Crippen molar-refractivity contribution in [2.75, 3.05) is 0 Å². The van der Waals surface area contributed by atoms with Gasteiger partial charge in [0.1, 0.15) is 5.82 Å². The second-order valence-electron chi connectivity index (χ2n) is 3.86. The van der Waals surface area contributed by atoms with Gasteiger partial charge in [0, 0.05) is 38.4 Å². The van der Waals surface area contributed by atoms with Crippen LogP contribution in [0.1, 0.15) is 17.0 Å². The first-order valence-electron chi connectivity index (χ1n) is 5.34. The number of nitrogens with one attached hydrogen (secondary N) is 1. The van der Waals surface area contributed by atoms with Crippen LogP contribution in [-0.4, -0.2) is 14.5 Å². The van der Waals surface area contributed by atoms with Crippen LogP contribution in [-0.2, 0) is 20.1 Å². The fourth-order valence-electron chi connectivity index (χ4n) is 1.58. The first kappa shape index (κ1) is 10.8. The SMILES string of the molecule is Cc1cnccc1CNCc1nccn1C. The summed E-state index contributed by atoms with van der Waals surface area (Å²) >= 11 is 0. The minimum Gasteiger partial charge on any atom is -0.337 e. The fourth-order valence-corrected chi connectivity index (χ4v) is 1.58. The molecule has 2 aromatic rings. The molecule has 0 aliphatic heterocycles. The Hall–Kier alpha value is -1.68. The summed E-state index contributed by atoms with van der Waals surface area (Å²) in [5.41, 5.74) is 2.50. The first-order valence-corrected chi connectivity index (χ1v) is 5.34. The molecule has 0 unspecified atom stereocenters. The molecule has 0 fully saturated rings. The lowest BCUT2D eigenvalue weighted by Crippen LogP contribution is -2.16. The summed E-state index contributed by atoms with van der Waals surface area (Å²) in [4.78, 5) is 8.33. The highest BCUT2D eigenvalue weighted by Gasteiger charge is 2.00. The fraction of sp³-hybridized carbons (Fsp3) is 0.333. The third-order valence-corrected chi connectivity index (χ3v) is 2.66. The van der Waals surface area contributed by atoms with Crippen LogP contribution in [0.2, 0.25) is 0 Å². The van der Waals surface area contributed by atoms with Crippen LogP contribution in [0.4, 0.5) is 0 Å². The third-order valence-electron chi connectivity index (χ3n) is 2.66. The molecule has 84 valence electrons. The van der Waals surface area contributed by atoms with Gasteiger partial charge in [-0.3, -0.25) is 4.98 Å². The summed E-state index contributed by atoms with van der Waals surface area (Å²) in [6.07, 6.45) is 7.48. The van der Waals surface area contributed by atoms with E-state index in [0.717, 1.165) is 18.9 Å². The Labute approximate surface area is 95.4 Å². The van der Waals surface area contributed by atoms with Crippen molar-refractivity contribution in [3.8, 4) is 0 Å². The molecule has 4 nitrogen and oxygen atoms in total. The minimum absolute atomic E-state index is 0.783. The van der Waals surface area contributed by atoms with Gasteiger partial charge in [0.2, 0.25) is 0 Å². The molecule has 0 spiro atoms. The van der Waals surface area contributed by atoms with Crippen molar-refractivity contribution in [2.24, 2.45) is 7.05 Å². The van der Waals surface area contributed by atoms with Gasteiger partial charge in [0.25, 0.3) is 0 Å². The minimum atomic E-state index is 0.783. The maximum absolute atomic E-state index is 4.26. The number of rotatable bonds is 4. The molecule has 2 rings (SSSR count). The summed E-state index contributed by atoms with van der Waals surface area (Å²) in [6, 6.07) is 2.04. The van der Waals surface area contributed by atoms with Crippen LogP contribution in [0, 0.1) is 6.92 Å². The smallest absolute Gasteiger partial charge is 0.122 e. The van der Waals surface area contributed by atoms with Crippen molar-refractivity contribution in [2.45, 2.75) is 20.0 Å². The first-order chi connectivity index (χ1) is 7.77. The quantitative estimate of drug-likeness (QED) is 0.840. The molecule has 2 heterocycles. The van der Waals surface area contributed by atoms with E-state index in [9.17, 15) is 0 Å². The number of hydrogen-bond donors (Lipinski definition) is 1. The van der Waals surface area contributed by atoms with E-state index >= 15 is 0 Å². The highest BCUT2D eigenvalue weighted by Crippen LogP contribution is 2.04. The maximum atomic E-state index is 4.26. The zero-order valence-electron chi connectivity index (χ0n) is 9.64. The number of aromatic nitrogens is 3. The van der Waals surface area contributed by atoms with Gasteiger partial charge in [-0.25, -0.2) is 4.98 Å². The van der Waals surface area contributed by atoms with E-state index in [0.29, 0.717) is 0 Å². The normalized spacial score (nSPS) is 10.6. The summed E-state index contributed by atoms with van der Waals surface area (Å²) in [5.74, 6) is 1.05. The van der Waals surface area contributed by atoms with Gasteiger partial charge in [0.05, 0.1) is 6.54 Å². The summed E-state index contributed by atoms with van der Waals surface area (Å²) in [5, 5.41) is 3.37. The molecule has 16 heavy (non-hydrogen) atoms. The molecule has 0 amide bonds. The van der Waals surface area contributed by atoms with Crippen LogP contribution in [0.15, 0.2) is 30.9 Å². The van der Waals surface area contributed by atoms with Gasteiger partial charge >= 0.3 is 0 Å². The summed E-state index contributed by atoms with van der Waals surface area (Å²) in [7, 11) is 2.00. The zero-order valence-corrected chi connectivity index (χ0v) is 9.64. The average Bonchev–Trinajstić information content (AvgIpc) is 2.67. The van der Waals surface area contributed by atoms with Gasteiger partial charge in [-0.05, 0) is 24.1 Å². The largest absolute Gasteiger partial charge is 0.337 e. The molecule has 0 saturated carbocycles. The monoisotopic (exact) mass is 216 g/mol. The molecular formula is C12H16N4. The summed E-state index contributed by atoms with van der Waals surface area (Å²) < 4.78 is 2.02. The molecule has 0 aliphatic rings. The maximum Gasteiger partial charge on any atom is 0.122 e. The number of hydrogen-bond acceptors (Lipinski definition) is 3. The Kier molecular flexibility index (Phi) is 3.31. The Morgan fingerprint density at radius 1 is 1.31 bits per heavy atom. The van der Waals surface area contributed by atoms with Crippen molar-refractivity contribution in [3.63, 3.8) is 0 Å². The Balaban J connectivity index is 1.89. The van der Waals surface area contributed by atoms with Crippen LogP contribution < -0.4 is 5.32 Å². The van der Waals surface area contributed by atoms with Crippen molar-refractivity contribution < 1.29 is 0 Å². The van der Waals surface area contributed by atoms with Gasteiger partial charge < -0.3 is 9.88 Å². The lowest BCUT2D eigenvalue weighted by molar-refractivity contribution is 0.637. The predicted octanol–water partition coefficient (Wildman–Crippen LogP) is 1.41. The molecule has 0 saturated heterocycles. The molecule has 0 aliphatic carbocycles. The Morgan fingerprint density at radius 3 is 2.88 bits per heavy atom. The van der Waals surface area contributed by atoms with Crippen molar-refractivity contribution in [1.82, 2.24) is 19.9 Å². The van der Waals surface area contributed by atoms with E-state index in [-0.39, 0.29) is 0 Å². The Bertz CT molecular complexity index is 462. The molecular weight excluding hydrogens is 200 g/mol. The van der Waals surface area contributed by atoms with Crippen LogP contribution in [0.3, 0.4) is 0 Å². The molecule has 0 atom stereocenters. The van der Waals surface area contributed by atoms with Crippen molar-refractivity contribution >= 4 is 0 Å². The number of aryl methyl sites for hydroxylation is 2. The topological polar surface area (TPSA) is 42.7 Å². The molecule has 0 radical (unpaired) electrons. The standard InChI is InChI=1S/C12H16N4/c1-10-7-13-4-3-11(10)8-14-9-12-15-5-6-16(12)2/h3-7,14H,8-9H2,1-2H3. The predicted molar refractivity (Wildman–Crippen MR) is 62.7 cm³/mol. The van der Waals surface area contributed by atoms with E-state index in [1.807, 2.05) is 42.5 Å². The summed E-state index contributed by atoms with van der Waals surface area (Å²) in [6.45, 7) is 3.71. The third kappa shape index (κ3) is 2.46. The number of pyridine rings is 1. The van der Waals surface area contributed by atoms with Gasteiger partial charge in [0.15, 0.2) is 0 Å². The van der Waals surface area contributed by atoms with E-state index in [2.05, 4.69) is 22.2 Å². The number of imidazole rings is 1. The molecule has 0 bridgehead atoms. The Morgan fingerprint density at radius 2 is 2.19 bits per heavy atom. The second-order valence-corrected chi connectivity index (χ2v) is 3.86. The molecule has 2 aromatic heterocycles.